The van der Waals surface area contributed by atoms with Crippen molar-refractivity contribution in [2.75, 3.05) is 0 Å². The van der Waals surface area contributed by atoms with Crippen molar-refractivity contribution in [1.82, 2.24) is 0 Å². The summed E-state index contributed by atoms with van der Waals surface area (Å²) in [6.07, 6.45) is 19.2. The monoisotopic (exact) mass is 341 g/mol. The van der Waals surface area contributed by atoms with Crippen LogP contribution in [0.1, 0.15) is 90.0 Å². The number of nitrogens with zero attached hydrogens (tertiary/aromatic N) is 2. The number of rotatable bonds is 13. The van der Waals surface area contributed by atoms with E-state index in [1.165, 1.54) is 69.8 Å². The minimum absolute atomic E-state index is 0.0456. The van der Waals surface area contributed by atoms with E-state index in [9.17, 15) is 0 Å². The third-order valence-electron chi connectivity index (χ3n) is 5.42. The molecule has 0 fully saturated rings. The maximum Gasteiger partial charge on any atom is 0.252 e. The van der Waals surface area contributed by atoms with Gasteiger partial charge in [0.15, 0.2) is 12.8 Å². The third kappa shape index (κ3) is 7.13. The Morgan fingerprint density at radius 2 is 1.44 bits per heavy atom. The molecule has 1 aromatic rings. The van der Waals surface area contributed by atoms with Crippen molar-refractivity contribution in [2.45, 2.75) is 96.7 Å². The number of hydrogen-bond acceptors (Lipinski definition) is 1. The zero-order valence-electron chi connectivity index (χ0n) is 16.4. The Bertz CT molecular complexity index is 532. The molecular weight excluding hydrogens is 304 g/mol. The first kappa shape index (κ1) is 19.9. The maximum absolute atomic E-state index is 4.77. The summed E-state index contributed by atoms with van der Waals surface area (Å²) >= 11 is 0. The van der Waals surface area contributed by atoms with Crippen molar-refractivity contribution < 1.29 is 4.58 Å². The van der Waals surface area contributed by atoms with Crippen LogP contribution >= 0.6 is 0 Å². The summed E-state index contributed by atoms with van der Waals surface area (Å²) in [5.74, 6) is 0. The van der Waals surface area contributed by atoms with Crippen molar-refractivity contribution in [1.29, 1.82) is 0 Å². The molecule has 0 N–H and O–H groups in total. The van der Waals surface area contributed by atoms with Crippen molar-refractivity contribution in [2.24, 2.45) is 4.99 Å². The van der Waals surface area contributed by atoms with Gasteiger partial charge in [0.05, 0.1) is 6.21 Å². The highest BCUT2D eigenvalue weighted by Crippen LogP contribution is 2.24. The molecule has 1 aliphatic rings. The Labute approximate surface area is 155 Å². The van der Waals surface area contributed by atoms with E-state index >= 15 is 0 Å². The minimum Gasteiger partial charge on any atom is -0.217 e. The van der Waals surface area contributed by atoms with Gasteiger partial charge in [-0.15, -0.1) is 0 Å². The molecular formula is C23H37N2+. The predicted octanol–water partition coefficient (Wildman–Crippen LogP) is 6.38. The first-order valence-electron chi connectivity index (χ1n) is 10.4. The Hall–Kier alpha value is -1.44. The van der Waals surface area contributed by atoms with Crippen LogP contribution in [0.3, 0.4) is 0 Å². The standard InChI is InChI=1S/C23H37N2/c1-3-4-5-6-7-8-9-10-11-15-18-23(2)24-19-20-25(23)21-22-16-13-12-14-17-22/h12-14,16-17,19-20H,3-11,15,18,21H2,1-2H3/q+1. The van der Waals surface area contributed by atoms with Gasteiger partial charge in [-0.25, -0.2) is 9.57 Å². The summed E-state index contributed by atoms with van der Waals surface area (Å²) in [4.78, 5) is 4.77. The largest absolute Gasteiger partial charge is 0.252 e. The van der Waals surface area contributed by atoms with Crippen molar-refractivity contribution in [3.05, 3.63) is 35.9 Å². The molecule has 2 nitrogen and oxygen atoms in total. The average Bonchev–Trinajstić information content (AvgIpc) is 2.98. The highest BCUT2D eigenvalue weighted by molar-refractivity contribution is 6.14. The van der Waals surface area contributed by atoms with Gasteiger partial charge >= 0.3 is 0 Å². The molecule has 0 aliphatic carbocycles. The molecule has 25 heavy (non-hydrogen) atoms. The van der Waals surface area contributed by atoms with Gasteiger partial charge in [-0.2, -0.15) is 0 Å². The van der Waals surface area contributed by atoms with E-state index in [1.54, 1.807) is 0 Å². The highest BCUT2D eigenvalue weighted by Gasteiger charge is 2.36. The van der Waals surface area contributed by atoms with Crippen molar-refractivity contribution in [3.63, 3.8) is 0 Å². The average molecular weight is 342 g/mol. The van der Waals surface area contributed by atoms with Crippen LogP contribution in [0, 0.1) is 0 Å². The zero-order chi connectivity index (χ0) is 17.8. The van der Waals surface area contributed by atoms with E-state index < -0.39 is 0 Å². The molecule has 1 heterocycles. The smallest absolute Gasteiger partial charge is 0.217 e. The molecule has 1 atom stereocenters. The quantitative estimate of drug-likeness (QED) is 0.292. The fourth-order valence-electron chi connectivity index (χ4n) is 3.67. The molecule has 0 saturated heterocycles. The maximum atomic E-state index is 4.77. The second kappa shape index (κ2) is 11.2. The summed E-state index contributed by atoms with van der Waals surface area (Å²) < 4.78 is 2.40. The van der Waals surface area contributed by atoms with Gasteiger partial charge in [0, 0.05) is 18.9 Å². The van der Waals surface area contributed by atoms with Gasteiger partial charge in [-0.3, -0.25) is 0 Å². The van der Waals surface area contributed by atoms with Crippen LogP contribution < -0.4 is 0 Å². The summed E-state index contributed by atoms with van der Waals surface area (Å²) in [6, 6.07) is 10.7. The Morgan fingerprint density at radius 3 is 2.08 bits per heavy atom. The number of hydrogen-bond donors (Lipinski definition) is 0. The van der Waals surface area contributed by atoms with Gasteiger partial charge in [0.1, 0.15) is 0 Å². The second-order valence-corrected chi connectivity index (χ2v) is 7.69. The first-order valence-corrected chi connectivity index (χ1v) is 10.4. The molecule has 1 unspecified atom stereocenters. The lowest BCUT2D eigenvalue weighted by Crippen LogP contribution is -2.34. The fourth-order valence-corrected chi connectivity index (χ4v) is 3.67. The zero-order valence-corrected chi connectivity index (χ0v) is 16.4. The topological polar surface area (TPSA) is 15.4 Å². The van der Waals surface area contributed by atoms with E-state index in [0.29, 0.717) is 0 Å². The van der Waals surface area contributed by atoms with Crippen LogP contribution in [-0.2, 0) is 6.54 Å². The molecule has 0 spiro atoms. The van der Waals surface area contributed by atoms with Crippen molar-refractivity contribution >= 4 is 12.4 Å². The summed E-state index contributed by atoms with van der Waals surface area (Å²) in [7, 11) is 0. The van der Waals surface area contributed by atoms with Crippen LogP contribution in [0.25, 0.3) is 0 Å². The summed E-state index contributed by atoms with van der Waals surface area (Å²) in [5, 5.41) is 0. The Kier molecular flexibility index (Phi) is 8.93. The fraction of sp³-hybridized carbons (Fsp3) is 0.652. The lowest BCUT2D eigenvalue weighted by Gasteiger charge is -2.20. The Morgan fingerprint density at radius 1 is 0.840 bits per heavy atom. The van der Waals surface area contributed by atoms with Gasteiger partial charge in [0.2, 0.25) is 0 Å². The highest BCUT2D eigenvalue weighted by atomic mass is 15.2. The molecule has 2 rings (SSSR count). The Balaban J connectivity index is 1.59. The van der Waals surface area contributed by atoms with Crippen LogP contribution in [0.5, 0.6) is 0 Å². The molecule has 0 bridgehead atoms. The molecule has 1 aliphatic heterocycles. The van der Waals surface area contributed by atoms with E-state index in [-0.39, 0.29) is 5.66 Å². The van der Waals surface area contributed by atoms with Crippen LogP contribution in [0.4, 0.5) is 0 Å². The van der Waals surface area contributed by atoms with Gasteiger partial charge < -0.3 is 0 Å². The first-order chi connectivity index (χ1) is 12.2. The predicted molar refractivity (Wildman–Crippen MR) is 110 cm³/mol. The molecule has 2 heteroatoms. The molecule has 0 amide bonds. The number of unbranched alkanes of at least 4 members (excludes halogenated alkanes) is 9. The molecule has 138 valence electrons. The van der Waals surface area contributed by atoms with E-state index in [1.807, 2.05) is 6.21 Å². The van der Waals surface area contributed by atoms with Crippen LogP contribution in [0.2, 0.25) is 0 Å². The molecule has 0 radical (unpaired) electrons. The minimum atomic E-state index is -0.0456. The third-order valence-corrected chi connectivity index (χ3v) is 5.42. The van der Waals surface area contributed by atoms with Gasteiger partial charge in [-0.1, -0.05) is 95.0 Å². The molecule has 1 aromatic carbocycles. The van der Waals surface area contributed by atoms with Crippen LogP contribution in [-0.4, -0.2) is 22.7 Å². The summed E-state index contributed by atoms with van der Waals surface area (Å²) in [6.45, 7) is 5.52. The number of aliphatic imine (C=N–C) groups is 1. The van der Waals surface area contributed by atoms with Gasteiger partial charge in [0.25, 0.3) is 5.66 Å². The number of benzene rings is 1. The van der Waals surface area contributed by atoms with E-state index in [2.05, 4.69) is 55.0 Å². The molecule has 0 saturated carbocycles. The van der Waals surface area contributed by atoms with E-state index in [4.69, 9.17) is 4.99 Å². The van der Waals surface area contributed by atoms with E-state index in [0.717, 1.165) is 13.0 Å². The van der Waals surface area contributed by atoms with Crippen molar-refractivity contribution in [3.8, 4) is 0 Å². The van der Waals surface area contributed by atoms with Crippen LogP contribution in [0.15, 0.2) is 35.3 Å². The molecule has 0 aromatic heterocycles. The summed E-state index contributed by atoms with van der Waals surface area (Å²) in [5.41, 5.74) is 1.31. The normalized spacial score (nSPS) is 19.4. The lowest BCUT2D eigenvalue weighted by molar-refractivity contribution is -0.610. The lowest BCUT2D eigenvalue weighted by atomic mass is 10.0. The SMILES string of the molecule is CCCCCCCCCCCCC1(C)N=CC=[N+]1Cc1ccccc1. The van der Waals surface area contributed by atoms with Gasteiger partial charge in [-0.05, 0) is 6.42 Å². The second-order valence-electron chi connectivity index (χ2n) is 7.69.